The highest BCUT2D eigenvalue weighted by Crippen LogP contribution is 1.87. The molecule has 0 heterocycles. The van der Waals surface area contributed by atoms with Gasteiger partial charge in [-0.25, -0.2) is 4.79 Å². The molecular weight excluding hydrogens is 250 g/mol. The van der Waals surface area contributed by atoms with E-state index in [1.54, 1.807) is 6.92 Å². The highest BCUT2D eigenvalue weighted by molar-refractivity contribution is 5.94. The average molecular weight is 273 g/mol. The van der Waals surface area contributed by atoms with Crippen LogP contribution in [0.25, 0.3) is 0 Å². The van der Waals surface area contributed by atoms with Gasteiger partial charge < -0.3 is 15.2 Å². The van der Waals surface area contributed by atoms with Crippen LogP contribution in [0.3, 0.4) is 0 Å². The first-order chi connectivity index (χ1) is 8.93. The average Bonchev–Trinajstić information content (AvgIpc) is 2.28. The molecule has 2 N–H and O–H groups in total. The standard InChI is InChI=1S/C7H13NO2.C6H10O3/c1-2-3-4-5-6-10-7(8)9;1-3-9-6(8)4-5(2)7/h3-4H,2,5-6H2,1H3,(H2,8,9);3-4H2,1-2H3/b4-3-;. The normalized spacial score (nSPS) is 9.42. The Morgan fingerprint density at radius 1 is 1.11 bits per heavy atom. The first-order valence-corrected chi connectivity index (χ1v) is 6.16. The molecule has 0 unspecified atom stereocenters. The van der Waals surface area contributed by atoms with E-state index in [1.807, 2.05) is 19.1 Å². The lowest BCUT2D eigenvalue weighted by Crippen LogP contribution is -2.13. The largest absolute Gasteiger partial charge is 0.466 e. The van der Waals surface area contributed by atoms with E-state index in [0.717, 1.165) is 12.8 Å². The molecule has 0 aromatic rings. The van der Waals surface area contributed by atoms with E-state index < -0.39 is 12.1 Å². The zero-order valence-corrected chi connectivity index (χ0v) is 11.8. The molecule has 0 bridgehead atoms. The molecule has 0 aliphatic heterocycles. The number of hydrogen-bond donors (Lipinski definition) is 1. The van der Waals surface area contributed by atoms with Crippen LogP contribution in [0.5, 0.6) is 0 Å². The molecule has 0 aliphatic rings. The lowest BCUT2D eigenvalue weighted by molar-refractivity contribution is -0.145. The second-order valence-electron chi connectivity index (χ2n) is 3.52. The van der Waals surface area contributed by atoms with Crippen molar-refractivity contribution in [2.24, 2.45) is 5.73 Å². The first kappa shape index (κ1) is 19.5. The van der Waals surface area contributed by atoms with Crippen LogP contribution < -0.4 is 5.73 Å². The van der Waals surface area contributed by atoms with E-state index in [4.69, 9.17) is 5.73 Å². The highest BCUT2D eigenvalue weighted by Gasteiger charge is 2.03. The molecule has 110 valence electrons. The van der Waals surface area contributed by atoms with Gasteiger partial charge in [0.1, 0.15) is 12.2 Å². The minimum absolute atomic E-state index is 0.103. The second-order valence-corrected chi connectivity index (χ2v) is 3.52. The second kappa shape index (κ2) is 14.2. The molecule has 19 heavy (non-hydrogen) atoms. The maximum atomic E-state index is 10.4. The zero-order valence-electron chi connectivity index (χ0n) is 11.8. The van der Waals surface area contributed by atoms with Gasteiger partial charge in [-0.2, -0.15) is 0 Å². The summed E-state index contributed by atoms with van der Waals surface area (Å²) >= 11 is 0. The van der Waals surface area contributed by atoms with E-state index in [9.17, 15) is 14.4 Å². The van der Waals surface area contributed by atoms with Crippen molar-refractivity contribution in [1.82, 2.24) is 0 Å². The van der Waals surface area contributed by atoms with Crippen LogP contribution >= 0.6 is 0 Å². The number of carbonyl (C=O) groups is 3. The number of ketones is 1. The summed E-state index contributed by atoms with van der Waals surface area (Å²) in [4.78, 5) is 30.6. The number of allylic oxidation sites excluding steroid dienone is 1. The van der Waals surface area contributed by atoms with Gasteiger partial charge in [0.2, 0.25) is 0 Å². The van der Waals surface area contributed by atoms with Crippen molar-refractivity contribution in [2.45, 2.75) is 40.0 Å². The SMILES string of the molecule is CC/C=C\CCOC(N)=O.CCOC(=O)CC(C)=O. The van der Waals surface area contributed by atoms with Crippen molar-refractivity contribution < 1.29 is 23.9 Å². The number of carbonyl (C=O) groups excluding carboxylic acids is 3. The van der Waals surface area contributed by atoms with E-state index in [0.29, 0.717) is 13.2 Å². The minimum Gasteiger partial charge on any atom is -0.466 e. The summed E-state index contributed by atoms with van der Waals surface area (Å²) in [7, 11) is 0. The monoisotopic (exact) mass is 273 g/mol. The molecular formula is C13H23NO5. The molecule has 0 aromatic heterocycles. The van der Waals surface area contributed by atoms with E-state index in [2.05, 4.69) is 9.47 Å². The Hall–Kier alpha value is -1.85. The van der Waals surface area contributed by atoms with Crippen LogP contribution in [0.4, 0.5) is 4.79 Å². The quantitative estimate of drug-likeness (QED) is 0.331. The van der Waals surface area contributed by atoms with Gasteiger partial charge >= 0.3 is 12.1 Å². The topological polar surface area (TPSA) is 95.7 Å². The molecule has 0 fully saturated rings. The highest BCUT2D eigenvalue weighted by atomic mass is 16.5. The van der Waals surface area contributed by atoms with E-state index in [1.165, 1.54) is 6.92 Å². The number of primary amides is 1. The van der Waals surface area contributed by atoms with Gasteiger partial charge in [0.25, 0.3) is 0 Å². The number of nitrogens with two attached hydrogens (primary N) is 1. The van der Waals surface area contributed by atoms with Crippen molar-refractivity contribution >= 4 is 17.8 Å². The summed E-state index contributed by atoms with van der Waals surface area (Å²) in [5.74, 6) is -0.599. The van der Waals surface area contributed by atoms with Crippen LogP contribution in [-0.4, -0.2) is 31.1 Å². The molecule has 1 amide bonds. The number of hydrogen-bond acceptors (Lipinski definition) is 5. The van der Waals surface area contributed by atoms with Crippen LogP contribution in [0.1, 0.15) is 40.0 Å². The molecule has 0 rings (SSSR count). The third-order valence-corrected chi connectivity index (χ3v) is 1.63. The smallest absolute Gasteiger partial charge is 0.404 e. The molecule has 6 heteroatoms. The number of ether oxygens (including phenoxy) is 2. The van der Waals surface area contributed by atoms with Gasteiger partial charge in [-0.05, 0) is 26.7 Å². The van der Waals surface area contributed by atoms with Crippen molar-refractivity contribution in [2.75, 3.05) is 13.2 Å². The third-order valence-electron chi connectivity index (χ3n) is 1.63. The first-order valence-electron chi connectivity index (χ1n) is 6.16. The molecule has 0 radical (unpaired) electrons. The molecule has 0 atom stereocenters. The van der Waals surface area contributed by atoms with Crippen LogP contribution in [-0.2, 0) is 19.1 Å². The fraction of sp³-hybridized carbons (Fsp3) is 0.615. The summed E-state index contributed by atoms with van der Waals surface area (Å²) in [6, 6.07) is 0. The Labute approximate surface area is 113 Å². The van der Waals surface area contributed by atoms with Gasteiger partial charge in [0.05, 0.1) is 13.2 Å². The maximum absolute atomic E-state index is 10.4. The van der Waals surface area contributed by atoms with Gasteiger partial charge in [-0.3, -0.25) is 9.59 Å². The molecule has 0 saturated heterocycles. The summed E-state index contributed by atoms with van der Waals surface area (Å²) < 4.78 is 8.97. The van der Waals surface area contributed by atoms with Gasteiger partial charge in [-0.15, -0.1) is 0 Å². The van der Waals surface area contributed by atoms with E-state index >= 15 is 0 Å². The van der Waals surface area contributed by atoms with Crippen molar-refractivity contribution in [3.8, 4) is 0 Å². The molecule has 0 aliphatic carbocycles. The lowest BCUT2D eigenvalue weighted by Gasteiger charge is -1.96. The van der Waals surface area contributed by atoms with E-state index in [-0.39, 0.29) is 12.2 Å². The molecule has 0 aromatic carbocycles. The Morgan fingerprint density at radius 2 is 1.74 bits per heavy atom. The zero-order chi connectivity index (χ0) is 15.1. The summed E-state index contributed by atoms with van der Waals surface area (Å²) in [6.07, 6.45) is 4.93. The summed E-state index contributed by atoms with van der Waals surface area (Å²) in [5.41, 5.74) is 4.72. The molecule has 0 saturated carbocycles. The Morgan fingerprint density at radius 3 is 2.16 bits per heavy atom. The van der Waals surface area contributed by atoms with Gasteiger partial charge in [-0.1, -0.05) is 19.1 Å². The fourth-order valence-corrected chi connectivity index (χ4v) is 0.927. The lowest BCUT2D eigenvalue weighted by atomic mass is 10.3. The maximum Gasteiger partial charge on any atom is 0.404 e. The summed E-state index contributed by atoms with van der Waals surface area (Å²) in [5, 5.41) is 0. The number of rotatable bonds is 7. The number of esters is 1. The predicted molar refractivity (Wildman–Crippen MR) is 71.5 cm³/mol. The van der Waals surface area contributed by atoms with Gasteiger partial charge in [0.15, 0.2) is 0 Å². The van der Waals surface area contributed by atoms with Crippen LogP contribution in [0.2, 0.25) is 0 Å². The Kier molecular flexibility index (Phi) is 14.6. The predicted octanol–water partition coefficient (Wildman–Crippen LogP) is 1.97. The van der Waals surface area contributed by atoms with Crippen LogP contribution in [0.15, 0.2) is 12.2 Å². The fourth-order valence-electron chi connectivity index (χ4n) is 0.927. The molecule has 0 spiro atoms. The van der Waals surface area contributed by atoms with Crippen molar-refractivity contribution in [3.63, 3.8) is 0 Å². The third kappa shape index (κ3) is 21.9. The Balaban J connectivity index is 0. The number of Topliss-reactive ketones (excluding diaryl/α,β-unsaturated/α-hetero) is 1. The van der Waals surface area contributed by atoms with Crippen LogP contribution in [0, 0.1) is 0 Å². The Bertz CT molecular complexity index is 299. The van der Waals surface area contributed by atoms with Gasteiger partial charge in [0, 0.05) is 0 Å². The minimum atomic E-state index is -0.704. The molecule has 6 nitrogen and oxygen atoms in total. The van der Waals surface area contributed by atoms with Crippen molar-refractivity contribution in [3.05, 3.63) is 12.2 Å². The van der Waals surface area contributed by atoms with Crippen molar-refractivity contribution in [1.29, 1.82) is 0 Å². The summed E-state index contributed by atoms with van der Waals surface area (Å²) in [6.45, 7) is 5.83. The number of amides is 1.